The number of carbonyl (C=O) groups is 3. The van der Waals surface area contributed by atoms with E-state index in [0.29, 0.717) is 6.42 Å². The van der Waals surface area contributed by atoms with Crippen molar-refractivity contribution in [2.75, 3.05) is 19.8 Å². The van der Waals surface area contributed by atoms with E-state index in [9.17, 15) is 14.4 Å². The molecule has 0 aliphatic carbocycles. The van der Waals surface area contributed by atoms with E-state index in [4.69, 9.17) is 14.2 Å². The van der Waals surface area contributed by atoms with Crippen LogP contribution in [0.15, 0.2) is 0 Å². The van der Waals surface area contributed by atoms with E-state index in [0.717, 1.165) is 4.90 Å². The molecule has 22 heavy (non-hydrogen) atoms. The number of ether oxygens (including phenoxy) is 3. The molecule has 0 unspecified atom stereocenters. The lowest BCUT2D eigenvalue weighted by atomic mass is 9.96. The highest BCUT2D eigenvalue weighted by atomic mass is 16.6. The molecule has 7 nitrogen and oxygen atoms in total. The van der Waals surface area contributed by atoms with E-state index in [-0.39, 0.29) is 26.2 Å². The van der Waals surface area contributed by atoms with Crippen LogP contribution >= 0.6 is 0 Å². The summed E-state index contributed by atoms with van der Waals surface area (Å²) in [5, 5.41) is 0. The van der Waals surface area contributed by atoms with Crippen LogP contribution in [0.1, 0.15) is 47.5 Å². The number of nitrogens with zero attached hydrogens (tertiary/aromatic N) is 1. The number of amides is 1. The summed E-state index contributed by atoms with van der Waals surface area (Å²) in [6.45, 7) is 8.91. The molecule has 1 rings (SSSR count). The zero-order chi connectivity index (χ0) is 17.0. The lowest BCUT2D eigenvalue weighted by molar-refractivity contribution is -0.172. The second-order valence-electron chi connectivity index (χ2n) is 6.04. The number of likely N-dealkylation sites (tertiary alicyclic amines) is 1. The Labute approximate surface area is 130 Å². The molecule has 0 radical (unpaired) electrons. The van der Waals surface area contributed by atoms with Crippen molar-refractivity contribution in [3.63, 3.8) is 0 Å². The molecule has 126 valence electrons. The third kappa shape index (κ3) is 3.69. The van der Waals surface area contributed by atoms with Gasteiger partial charge in [0, 0.05) is 6.54 Å². The van der Waals surface area contributed by atoms with Gasteiger partial charge in [-0.3, -0.25) is 4.90 Å². The van der Waals surface area contributed by atoms with Crippen molar-refractivity contribution in [1.82, 2.24) is 4.90 Å². The highest BCUT2D eigenvalue weighted by Gasteiger charge is 2.59. The first-order valence-electron chi connectivity index (χ1n) is 7.54. The Morgan fingerprint density at radius 3 is 1.95 bits per heavy atom. The van der Waals surface area contributed by atoms with Gasteiger partial charge in [-0.1, -0.05) is 0 Å². The molecule has 1 heterocycles. The molecule has 7 heteroatoms. The van der Waals surface area contributed by atoms with Crippen molar-refractivity contribution in [2.24, 2.45) is 0 Å². The summed E-state index contributed by atoms with van der Waals surface area (Å²) in [4.78, 5) is 38.3. The topological polar surface area (TPSA) is 82.1 Å². The summed E-state index contributed by atoms with van der Waals surface area (Å²) in [5.74, 6) is -1.53. The molecule has 0 bridgehead atoms. The van der Waals surface area contributed by atoms with Crippen molar-refractivity contribution < 1.29 is 28.6 Å². The summed E-state index contributed by atoms with van der Waals surface area (Å²) in [7, 11) is 0. The Bertz CT molecular complexity index is 422. The minimum atomic E-state index is -1.74. The van der Waals surface area contributed by atoms with Crippen molar-refractivity contribution in [3.8, 4) is 0 Å². The minimum Gasteiger partial charge on any atom is -0.464 e. The summed E-state index contributed by atoms with van der Waals surface area (Å²) >= 11 is 0. The van der Waals surface area contributed by atoms with Crippen molar-refractivity contribution >= 4 is 18.0 Å². The van der Waals surface area contributed by atoms with Gasteiger partial charge in [0.1, 0.15) is 5.60 Å². The van der Waals surface area contributed by atoms with Gasteiger partial charge in [0.15, 0.2) is 0 Å². The monoisotopic (exact) mass is 315 g/mol. The zero-order valence-electron chi connectivity index (χ0n) is 13.9. The van der Waals surface area contributed by atoms with Gasteiger partial charge < -0.3 is 14.2 Å². The van der Waals surface area contributed by atoms with Gasteiger partial charge in [-0.2, -0.15) is 0 Å². The Morgan fingerprint density at radius 2 is 1.55 bits per heavy atom. The number of esters is 2. The summed E-state index contributed by atoms with van der Waals surface area (Å²) < 4.78 is 15.3. The second-order valence-corrected chi connectivity index (χ2v) is 6.04. The summed E-state index contributed by atoms with van der Waals surface area (Å²) in [5.41, 5.74) is -2.47. The minimum absolute atomic E-state index is 0.113. The fourth-order valence-electron chi connectivity index (χ4n) is 2.39. The second kappa shape index (κ2) is 6.98. The third-order valence-electron chi connectivity index (χ3n) is 3.22. The lowest BCUT2D eigenvalue weighted by Gasteiger charge is -2.34. The van der Waals surface area contributed by atoms with Gasteiger partial charge in [-0.05, 0) is 47.5 Å². The van der Waals surface area contributed by atoms with Gasteiger partial charge in [0.2, 0.25) is 5.54 Å². The first kappa shape index (κ1) is 18.3. The maximum atomic E-state index is 12.4. The molecular formula is C15H25NO6. The quantitative estimate of drug-likeness (QED) is 0.447. The van der Waals surface area contributed by atoms with Gasteiger partial charge in [-0.15, -0.1) is 0 Å². The Kier molecular flexibility index (Phi) is 5.79. The van der Waals surface area contributed by atoms with Crippen LogP contribution in [0.2, 0.25) is 0 Å². The molecule has 0 saturated carbocycles. The Balaban J connectivity index is 3.14. The van der Waals surface area contributed by atoms with Gasteiger partial charge in [0.05, 0.1) is 13.2 Å². The first-order chi connectivity index (χ1) is 10.2. The van der Waals surface area contributed by atoms with E-state index in [1.807, 2.05) is 0 Å². The van der Waals surface area contributed by atoms with E-state index >= 15 is 0 Å². The number of hydrogen-bond acceptors (Lipinski definition) is 6. The van der Waals surface area contributed by atoms with Gasteiger partial charge in [0.25, 0.3) is 0 Å². The average molecular weight is 315 g/mol. The van der Waals surface area contributed by atoms with Crippen LogP contribution in [0.4, 0.5) is 4.79 Å². The highest BCUT2D eigenvalue weighted by molar-refractivity contribution is 6.07. The predicted molar refractivity (Wildman–Crippen MR) is 78.2 cm³/mol. The Hall–Kier alpha value is -1.79. The molecule has 1 fully saturated rings. The molecule has 1 aliphatic heterocycles. The zero-order valence-corrected chi connectivity index (χ0v) is 13.9. The molecular weight excluding hydrogens is 290 g/mol. The van der Waals surface area contributed by atoms with Crippen molar-refractivity contribution in [1.29, 1.82) is 0 Å². The molecule has 0 aromatic rings. The maximum Gasteiger partial charge on any atom is 0.411 e. The van der Waals surface area contributed by atoms with Gasteiger partial charge >= 0.3 is 18.0 Å². The Morgan fingerprint density at radius 1 is 1.05 bits per heavy atom. The third-order valence-corrected chi connectivity index (χ3v) is 3.22. The molecule has 0 aromatic heterocycles. The van der Waals surface area contributed by atoms with E-state index < -0.39 is 29.2 Å². The number of hydrogen-bond donors (Lipinski definition) is 0. The SMILES string of the molecule is CCOC(=O)C1(C(=O)OCC)CCCN1C(=O)OC(C)(C)C. The lowest BCUT2D eigenvalue weighted by Crippen LogP contribution is -2.60. The largest absolute Gasteiger partial charge is 0.464 e. The number of rotatable bonds is 4. The van der Waals surface area contributed by atoms with Gasteiger partial charge in [-0.25, -0.2) is 14.4 Å². The van der Waals surface area contributed by atoms with Crippen LogP contribution in [0.3, 0.4) is 0 Å². The van der Waals surface area contributed by atoms with Crippen LogP contribution < -0.4 is 0 Å². The molecule has 0 spiro atoms. The first-order valence-corrected chi connectivity index (χ1v) is 7.54. The van der Waals surface area contributed by atoms with Crippen molar-refractivity contribution in [2.45, 2.75) is 58.6 Å². The predicted octanol–water partition coefficient (Wildman–Crippen LogP) is 1.88. The van der Waals surface area contributed by atoms with Crippen molar-refractivity contribution in [3.05, 3.63) is 0 Å². The fraction of sp³-hybridized carbons (Fsp3) is 0.800. The molecule has 1 aliphatic rings. The maximum absolute atomic E-state index is 12.4. The van der Waals surface area contributed by atoms with E-state index in [2.05, 4.69) is 0 Å². The van der Waals surface area contributed by atoms with Crippen LogP contribution in [-0.4, -0.2) is 53.8 Å². The highest BCUT2D eigenvalue weighted by Crippen LogP contribution is 2.33. The molecule has 0 N–H and O–H groups in total. The smallest absolute Gasteiger partial charge is 0.411 e. The standard InChI is InChI=1S/C15H25NO6/c1-6-20-11(17)15(12(18)21-7-2)9-8-10-16(15)13(19)22-14(3,4)5/h6-10H2,1-5H3. The average Bonchev–Trinajstić information content (AvgIpc) is 2.83. The summed E-state index contributed by atoms with van der Waals surface area (Å²) in [6.07, 6.45) is -0.0491. The fourth-order valence-corrected chi connectivity index (χ4v) is 2.39. The van der Waals surface area contributed by atoms with E-state index in [1.165, 1.54) is 0 Å². The molecule has 0 atom stereocenters. The number of carbonyl (C=O) groups excluding carboxylic acids is 3. The van der Waals surface area contributed by atoms with Crippen LogP contribution in [0, 0.1) is 0 Å². The molecule has 1 amide bonds. The van der Waals surface area contributed by atoms with Crippen LogP contribution in [-0.2, 0) is 23.8 Å². The normalized spacial score (nSPS) is 17.0. The van der Waals surface area contributed by atoms with E-state index in [1.54, 1.807) is 34.6 Å². The molecule has 1 saturated heterocycles. The molecule has 0 aromatic carbocycles. The van der Waals surface area contributed by atoms with Crippen LogP contribution in [0.25, 0.3) is 0 Å². The summed E-state index contributed by atoms with van der Waals surface area (Å²) in [6, 6.07) is 0. The van der Waals surface area contributed by atoms with Crippen LogP contribution in [0.5, 0.6) is 0 Å².